The first kappa shape index (κ1) is 8.67. The minimum Gasteiger partial charge on any atom is -0.201 e. The summed E-state index contributed by atoms with van der Waals surface area (Å²) in [7, 11) is 0. The molecular weight excluding hydrogens is 170 g/mol. The van der Waals surface area contributed by atoms with Crippen LogP contribution in [0.2, 0.25) is 0 Å². The van der Waals surface area contributed by atoms with Gasteiger partial charge in [-0.25, -0.2) is 8.78 Å². The molecule has 0 amide bonds. The van der Waals surface area contributed by atoms with Gasteiger partial charge in [-0.1, -0.05) is 38.1 Å². The summed E-state index contributed by atoms with van der Waals surface area (Å²) in [5.41, 5.74) is 0.611. The van der Waals surface area contributed by atoms with Gasteiger partial charge < -0.3 is 0 Å². The molecule has 0 aromatic heterocycles. The average Bonchev–Trinajstić information content (AvgIpc) is 2.20. The Morgan fingerprint density at radius 2 is 1.62 bits per heavy atom. The zero-order valence-corrected chi connectivity index (χ0v) is 7.77. The number of halogens is 2. The van der Waals surface area contributed by atoms with Crippen LogP contribution in [0.3, 0.4) is 0 Å². The summed E-state index contributed by atoms with van der Waals surface area (Å²) in [4.78, 5) is 0. The fourth-order valence-corrected chi connectivity index (χ4v) is 2.14. The van der Waals surface area contributed by atoms with E-state index in [1.807, 2.05) is 19.9 Å². The summed E-state index contributed by atoms with van der Waals surface area (Å²) >= 11 is 0. The predicted molar refractivity (Wildman–Crippen MR) is 48.0 cm³/mol. The molecule has 0 nitrogen and oxygen atoms in total. The van der Waals surface area contributed by atoms with Crippen LogP contribution in [0, 0.1) is 0 Å². The summed E-state index contributed by atoms with van der Waals surface area (Å²) in [6.45, 7) is 3.74. The molecule has 0 atom stereocenters. The van der Waals surface area contributed by atoms with E-state index >= 15 is 0 Å². The lowest BCUT2D eigenvalue weighted by Crippen LogP contribution is -2.15. The molecular formula is C11H12F2. The van der Waals surface area contributed by atoms with E-state index in [1.165, 1.54) is 6.07 Å². The molecule has 0 radical (unpaired) electrons. The summed E-state index contributed by atoms with van der Waals surface area (Å²) in [5, 5.41) is 0. The Labute approximate surface area is 76.6 Å². The standard InChI is InChI=1S/C11H12F2/c1-10(2)7-11(12,13)9-6-4-3-5-8(9)10/h3-6H,7H2,1-2H3. The number of benzene rings is 1. The lowest BCUT2D eigenvalue weighted by molar-refractivity contribution is -0.0141. The van der Waals surface area contributed by atoms with Crippen molar-refractivity contribution in [3.63, 3.8) is 0 Å². The normalized spacial score (nSPS) is 22.8. The first-order valence-corrected chi connectivity index (χ1v) is 4.41. The summed E-state index contributed by atoms with van der Waals surface area (Å²) in [6.07, 6.45) is -0.0701. The third kappa shape index (κ3) is 1.16. The Balaban J connectivity index is 2.64. The summed E-state index contributed by atoms with van der Waals surface area (Å²) < 4.78 is 26.9. The van der Waals surface area contributed by atoms with Crippen LogP contribution in [0.15, 0.2) is 24.3 Å². The molecule has 0 spiro atoms. The van der Waals surface area contributed by atoms with Gasteiger partial charge in [0.25, 0.3) is 5.92 Å². The molecule has 2 heteroatoms. The maximum Gasteiger partial charge on any atom is 0.274 e. The van der Waals surface area contributed by atoms with Crippen LogP contribution < -0.4 is 0 Å². The molecule has 0 aliphatic heterocycles. The highest BCUT2D eigenvalue weighted by atomic mass is 19.3. The smallest absolute Gasteiger partial charge is 0.201 e. The van der Waals surface area contributed by atoms with E-state index in [1.54, 1.807) is 12.1 Å². The Kier molecular flexibility index (Phi) is 1.54. The van der Waals surface area contributed by atoms with Crippen LogP contribution >= 0.6 is 0 Å². The zero-order chi connectivity index (χ0) is 9.69. The highest BCUT2D eigenvalue weighted by Crippen LogP contribution is 2.51. The van der Waals surface area contributed by atoms with E-state index in [9.17, 15) is 8.78 Å². The van der Waals surface area contributed by atoms with Gasteiger partial charge >= 0.3 is 0 Å². The second-order valence-corrected chi connectivity index (χ2v) is 4.31. The fraction of sp³-hybridized carbons (Fsp3) is 0.455. The van der Waals surface area contributed by atoms with Crippen LogP contribution in [0.1, 0.15) is 31.4 Å². The van der Waals surface area contributed by atoms with Gasteiger partial charge in [-0.3, -0.25) is 0 Å². The van der Waals surface area contributed by atoms with Crippen molar-refractivity contribution in [1.82, 2.24) is 0 Å². The molecule has 1 aliphatic rings. The molecule has 0 saturated carbocycles. The Bertz CT molecular complexity index is 307. The maximum atomic E-state index is 13.4. The first-order chi connectivity index (χ1) is 5.93. The zero-order valence-electron chi connectivity index (χ0n) is 7.77. The third-order valence-electron chi connectivity index (χ3n) is 2.71. The van der Waals surface area contributed by atoms with Crippen molar-refractivity contribution < 1.29 is 8.78 Å². The second kappa shape index (κ2) is 2.31. The van der Waals surface area contributed by atoms with Crippen molar-refractivity contribution in [2.75, 3.05) is 0 Å². The van der Waals surface area contributed by atoms with Crippen molar-refractivity contribution in [2.24, 2.45) is 0 Å². The molecule has 0 N–H and O–H groups in total. The number of hydrogen-bond acceptors (Lipinski definition) is 0. The van der Waals surface area contributed by atoms with Crippen LogP contribution in [-0.4, -0.2) is 0 Å². The molecule has 13 heavy (non-hydrogen) atoms. The molecule has 0 bridgehead atoms. The van der Waals surface area contributed by atoms with Crippen molar-refractivity contribution in [3.8, 4) is 0 Å². The van der Waals surface area contributed by atoms with Crippen LogP contribution in [-0.2, 0) is 11.3 Å². The molecule has 1 aromatic carbocycles. The molecule has 0 saturated heterocycles. The quantitative estimate of drug-likeness (QED) is 0.576. The number of alkyl halides is 2. The van der Waals surface area contributed by atoms with Gasteiger partial charge in [0.2, 0.25) is 0 Å². The minimum atomic E-state index is -2.64. The summed E-state index contributed by atoms with van der Waals surface area (Å²) in [6, 6.07) is 6.83. The first-order valence-electron chi connectivity index (χ1n) is 4.41. The van der Waals surface area contributed by atoms with Gasteiger partial charge in [0.05, 0.1) is 0 Å². The predicted octanol–water partition coefficient (Wildman–Crippen LogP) is 3.46. The topological polar surface area (TPSA) is 0 Å². The Morgan fingerprint density at radius 1 is 1.08 bits per heavy atom. The van der Waals surface area contributed by atoms with E-state index in [2.05, 4.69) is 0 Å². The highest BCUT2D eigenvalue weighted by Gasteiger charge is 2.48. The molecule has 1 aromatic rings. The lowest BCUT2D eigenvalue weighted by atomic mass is 9.87. The highest BCUT2D eigenvalue weighted by molar-refractivity contribution is 5.41. The number of fused-ring (bicyclic) bond motifs is 1. The molecule has 2 rings (SSSR count). The van der Waals surface area contributed by atoms with Gasteiger partial charge in [-0.2, -0.15) is 0 Å². The molecule has 0 heterocycles. The summed E-state index contributed by atoms with van der Waals surface area (Å²) in [5.74, 6) is -2.64. The minimum absolute atomic E-state index is 0.0701. The van der Waals surface area contributed by atoms with Crippen LogP contribution in [0.4, 0.5) is 8.78 Å². The van der Waals surface area contributed by atoms with E-state index < -0.39 is 5.92 Å². The lowest BCUT2D eigenvalue weighted by Gasteiger charge is -2.18. The number of rotatable bonds is 0. The van der Waals surface area contributed by atoms with Gasteiger partial charge in [0.1, 0.15) is 0 Å². The van der Waals surface area contributed by atoms with E-state index in [-0.39, 0.29) is 17.4 Å². The van der Waals surface area contributed by atoms with E-state index in [0.717, 1.165) is 5.56 Å². The van der Waals surface area contributed by atoms with Crippen LogP contribution in [0.25, 0.3) is 0 Å². The average molecular weight is 182 g/mol. The van der Waals surface area contributed by atoms with Crippen molar-refractivity contribution in [3.05, 3.63) is 35.4 Å². The monoisotopic (exact) mass is 182 g/mol. The molecule has 1 aliphatic carbocycles. The third-order valence-corrected chi connectivity index (χ3v) is 2.71. The van der Waals surface area contributed by atoms with Crippen molar-refractivity contribution in [2.45, 2.75) is 31.6 Å². The van der Waals surface area contributed by atoms with Gasteiger partial charge in [0, 0.05) is 12.0 Å². The second-order valence-electron chi connectivity index (χ2n) is 4.31. The van der Waals surface area contributed by atoms with Gasteiger partial charge in [0.15, 0.2) is 0 Å². The van der Waals surface area contributed by atoms with E-state index in [4.69, 9.17) is 0 Å². The number of hydrogen-bond donors (Lipinski definition) is 0. The molecule has 0 fully saturated rings. The van der Waals surface area contributed by atoms with Gasteiger partial charge in [-0.15, -0.1) is 0 Å². The maximum absolute atomic E-state index is 13.4. The Hall–Kier alpha value is -0.920. The Morgan fingerprint density at radius 3 is 2.15 bits per heavy atom. The molecule has 0 unspecified atom stereocenters. The van der Waals surface area contributed by atoms with Crippen LogP contribution in [0.5, 0.6) is 0 Å². The van der Waals surface area contributed by atoms with Crippen molar-refractivity contribution in [1.29, 1.82) is 0 Å². The fourth-order valence-electron chi connectivity index (χ4n) is 2.14. The van der Waals surface area contributed by atoms with Crippen molar-refractivity contribution >= 4 is 0 Å². The van der Waals surface area contributed by atoms with E-state index in [0.29, 0.717) is 0 Å². The SMILES string of the molecule is CC1(C)CC(F)(F)c2ccccc21. The molecule has 70 valence electrons. The van der Waals surface area contributed by atoms with Gasteiger partial charge in [-0.05, 0) is 11.0 Å². The largest absolute Gasteiger partial charge is 0.274 e.